The number of ketones is 1. The lowest BCUT2D eigenvalue weighted by Gasteiger charge is -2.36. The fourth-order valence-electron chi connectivity index (χ4n) is 3.98. The smallest absolute Gasteiger partial charge is 0.266 e. The summed E-state index contributed by atoms with van der Waals surface area (Å²) in [4.78, 5) is 14.6. The summed E-state index contributed by atoms with van der Waals surface area (Å²) in [6.07, 6.45) is 0.840. The van der Waals surface area contributed by atoms with Crippen LogP contribution >= 0.6 is 0 Å². The molecular formula is C26H24O7S. The highest BCUT2D eigenvalue weighted by atomic mass is 32.2. The second-order valence-electron chi connectivity index (χ2n) is 8.06. The summed E-state index contributed by atoms with van der Waals surface area (Å²) in [5.74, 6) is -0.296. The first kappa shape index (κ1) is 23.7. The Bertz CT molecular complexity index is 1400. The van der Waals surface area contributed by atoms with Crippen LogP contribution in [0, 0.1) is 13.8 Å². The molecule has 0 spiro atoms. The van der Waals surface area contributed by atoms with Gasteiger partial charge < -0.3 is 13.9 Å². The number of hydrogen-bond acceptors (Lipinski definition) is 7. The fourth-order valence-corrected chi connectivity index (χ4v) is 4.69. The van der Waals surface area contributed by atoms with Crippen molar-refractivity contribution in [3.63, 3.8) is 0 Å². The normalized spacial score (nSPS) is 15.4. The van der Waals surface area contributed by atoms with Gasteiger partial charge >= 0.3 is 0 Å². The van der Waals surface area contributed by atoms with Gasteiger partial charge in [-0.2, -0.15) is 8.42 Å². The molecule has 34 heavy (non-hydrogen) atoms. The van der Waals surface area contributed by atoms with Gasteiger partial charge in [-0.15, -0.1) is 0 Å². The van der Waals surface area contributed by atoms with Gasteiger partial charge in [0.15, 0.2) is 0 Å². The molecule has 0 saturated carbocycles. The molecule has 0 radical (unpaired) electrons. The minimum atomic E-state index is -4.26. The van der Waals surface area contributed by atoms with Crippen LogP contribution in [0.15, 0.2) is 93.8 Å². The second kappa shape index (κ2) is 8.72. The molecule has 0 amide bonds. The summed E-state index contributed by atoms with van der Waals surface area (Å²) in [5.41, 5.74) is -4.43. The standard InChI is InChI=1S/C26H24O7S/c1-18-14-16-22(31-18)25(28,20-10-6-4-7-11-20)24(27)26(33-34(3,29)30,21-12-8-5-9-13-21)23-17-15-19(2)32-23/h4-17,28H,1-3H3. The van der Waals surface area contributed by atoms with Gasteiger partial charge in [0.2, 0.25) is 17.0 Å². The molecule has 2 unspecified atom stereocenters. The molecule has 2 aromatic carbocycles. The Morgan fingerprint density at radius 3 is 1.68 bits per heavy atom. The molecule has 0 aliphatic carbocycles. The van der Waals surface area contributed by atoms with E-state index in [1.54, 1.807) is 86.6 Å². The summed E-state index contributed by atoms with van der Waals surface area (Å²) < 4.78 is 42.3. The third kappa shape index (κ3) is 4.11. The molecule has 176 valence electrons. The van der Waals surface area contributed by atoms with Crippen molar-refractivity contribution in [1.82, 2.24) is 0 Å². The summed E-state index contributed by atoms with van der Waals surface area (Å²) in [6.45, 7) is 3.33. The molecule has 0 bridgehead atoms. The number of hydrogen-bond donors (Lipinski definition) is 1. The van der Waals surface area contributed by atoms with Crippen molar-refractivity contribution in [2.45, 2.75) is 25.0 Å². The minimum absolute atomic E-state index is 0.0816. The number of aryl methyl sites for hydroxylation is 2. The largest absolute Gasteiger partial charge is 0.462 e. The van der Waals surface area contributed by atoms with E-state index >= 15 is 0 Å². The molecule has 8 heteroatoms. The number of rotatable bonds is 8. The number of Topliss-reactive ketones (excluding diaryl/α,β-unsaturated/α-hetero) is 1. The number of carbonyl (C=O) groups excluding carboxylic acids is 1. The van der Waals surface area contributed by atoms with E-state index in [1.807, 2.05) is 0 Å². The predicted octanol–water partition coefficient (Wildman–Crippen LogP) is 4.21. The Kier molecular flexibility index (Phi) is 6.07. The van der Waals surface area contributed by atoms with Gasteiger partial charge in [-0.3, -0.25) is 4.79 Å². The van der Waals surface area contributed by atoms with Crippen LogP contribution in [0.5, 0.6) is 0 Å². The lowest BCUT2D eigenvalue weighted by Crippen LogP contribution is -2.52. The highest BCUT2D eigenvalue weighted by Gasteiger charge is 2.59. The van der Waals surface area contributed by atoms with Crippen LogP contribution in [0.2, 0.25) is 0 Å². The lowest BCUT2D eigenvalue weighted by atomic mass is 9.75. The van der Waals surface area contributed by atoms with Crippen molar-refractivity contribution in [2.75, 3.05) is 6.26 Å². The monoisotopic (exact) mass is 480 g/mol. The van der Waals surface area contributed by atoms with Crippen molar-refractivity contribution in [1.29, 1.82) is 0 Å². The average molecular weight is 481 g/mol. The number of furan rings is 2. The quantitative estimate of drug-likeness (QED) is 0.376. The van der Waals surface area contributed by atoms with Gasteiger partial charge in [0, 0.05) is 5.56 Å². The minimum Gasteiger partial charge on any atom is -0.462 e. The molecule has 2 atom stereocenters. The van der Waals surface area contributed by atoms with Crippen LogP contribution in [0.25, 0.3) is 0 Å². The lowest BCUT2D eigenvalue weighted by molar-refractivity contribution is -0.151. The van der Waals surface area contributed by atoms with E-state index in [2.05, 4.69) is 0 Å². The first-order chi connectivity index (χ1) is 16.1. The van der Waals surface area contributed by atoms with Crippen LogP contribution in [0.4, 0.5) is 0 Å². The van der Waals surface area contributed by atoms with Crippen LogP contribution in [0.1, 0.15) is 34.2 Å². The maximum Gasteiger partial charge on any atom is 0.266 e. The molecule has 4 rings (SSSR count). The highest BCUT2D eigenvalue weighted by molar-refractivity contribution is 7.86. The Hall–Kier alpha value is -3.46. The van der Waals surface area contributed by atoms with Crippen molar-refractivity contribution < 1.29 is 31.3 Å². The maximum absolute atomic E-state index is 14.6. The summed E-state index contributed by atoms with van der Waals surface area (Å²) in [7, 11) is -4.26. The van der Waals surface area contributed by atoms with E-state index in [9.17, 15) is 18.3 Å². The second-order valence-corrected chi connectivity index (χ2v) is 9.64. The SMILES string of the molecule is Cc1ccc(C(O)(C(=O)C(OS(C)(=O)=O)(c2ccccc2)c2ccc(C)o2)c2ccccc2)o1. The Morgan fingerprint density at radius 2 is 1.24 bits per heavy atom. The zero-order valence-electron chi connectivity index (χ0n) is 18.9. The molecule has 4 aromatic rings. The van der Waals surface area contributed by atoms with E-state index in [0.29, 0.717) is 11.5 Å². The molecule has 0 aliphatic rings. The third-order valence-electron chi connectivity index (χ3n) is 5.48. The third-order valence-corrected chi connectivity index (χ3v) is 6.03. The van der Waals surface area contributed by atoms with Crippen LogP contribution in [-0.2, 0) is 30.3 Å². The highest BCUT2D eigenvalue weighted by Crippen LogP contribution is 2.45. The van der Waals surface area contributed by atoms with Crippen LogP contribution in [0.3, 0.4) is 0 Å². The molecule has 1 N–H and O–H groups in total. The predicted molar refractivity (Wildman–Crippen MR) is 124 cm³/mol. The van der Waals surface area contributed by atoms with Crippen molar-refractivity contribution >= 4 is 15.9 Å². The summed E-state index contributed by atoms with van der Waals surface area (Å²) in [6, 6.07) is 22.4. The van der Waals surface area contributed by atoms with Gasteiger partial charge in [-0.25, -0.2) is 4.18 Å². The van der Waals surface area contributed by atoms with E-state index in [-0.39, 0.29) is 22.6 Å². The Morgan fingerprint density at radius 1 is 0.765 bits per heavy atom. The zero-order chi connectivity index (χ0) is 24.6. The topological polar surface area (TPSA) is 107 Å². The Balaban J connectivity index is 2.10. The maximum atomic E-state index is 14.6. The first-order valence-electron chi connectivity index (χ1n) is 10.5. The van der Waals surface area contributed by atoms with Crippen LogP contribution < -0.4 is 0 Å². The fraction of sp³-hybridized carbons (Fsp3) is 0.192. The van der Waals surface area contributed by atoms with Gasteiger partial charge in [0.25, 0.3) is 10.1 Å². The van der Waals surface area contributed by atoms with Crippen molar-refractivity contribution in [3.05, 3.63) is 119 Å². The van der Waals surface area contributed by atoms with E-state index in [0.717, 1.165) is 6.26 Å². The van der Waals surface area contributed by atoms with E-state index < -0.39 is 27.1 Å². The van der Waals surface area contributed by atoms with Gasteiger partial charge in [-0.1, -0.05) is 60.7 Å². The average Bonchev–Trinajstić information content (AvgIpc) is 3.45. The van der Waals surface area contributed by atoms with Crippen molar-refractivity contribution in [2.24, 2.45) is 0 Å². The van der Waals surface area contributed by atoms with E-state index in [1.165, 1.54) is 12.1 Å². The first-order valence-corrected chi connectivity index (χ1v) is 12.3. The molecule has 0 saturated heterocycles. The number of benzene rings is 2. The van der Waals surface area contributed by atoms with Gasteiger partial charge in [0.05, 0.1) is 6.26 Å². The number of aliphatic hydroxyl groups is 1. The molecular weight excluding hydrogens is 456 g/mol. The molecule has 7 nitrogen and oxygen atoms in total. The van der Waals surface area contributed by atoms with Gasteiger partial charge in [-0.05, 0) is 43.7 Å². The van der Waals surface area contributed by atoms with Gasteiger partial charge in [0.1, 0.15) is 23.0 Å². The number of carbonyl (C=O) groups is 1. The summed E-state index contributed by atoms with van der Waals surface area (Å²) in [5, 5.41) is 12.1. The molecule has 2 heterocycles. The molecule has 2 aromatic heterocycles. The molecule has 0 aliphatic heterocycles. The van der Waals surface area contributed by atoms with E-state index in [4.69, 9.17) is 13.0 Å². The molecule has 0 fully saturated rings. The summed E-state index contributed by atoms with van der Waals surface area (Å²) >= 11 is 0. The Labute approximate surface area is 197 Å². The zero-order valence-corrected chi connectivity index (χ0v) is 19.7. The van der Waals surface area contributed by atoms with Crippen LogP contribution in [-0.4, -0.2) is 25.6 Å². The van der Waals surface area contributed by atoms with Crippen molar-refractivity contribution in [3.8, 4) is 0 Å².